The molecule has 21 heavy (non-hydrogen) atoms. The van der Waals surface area contributed by atoms with Crippen LogP contribution in [0.2, 0.25) is 0 Å². The van der Waals surface area contributed by atoms with Crippen molar-refractivity contribution in [3.05, 3.63) is 0 Å². The highest BCUT2D eigenvalue weighted by Crippen LogP contribution is 2.11. The van der Waals surface area contributed by atoms with Gasteiger partial charge in [-0.05, 0) is 6.42 Å². The van der Waals surface area contributed by atoms with E-state index in [0.717, 1.165) is 25.9 Å². The van der Waals surface area contributed by atoms with Gasteiger partial charge in [-0.25, -0.2) is 0 Å². The summed E-state index contributed by atoms with van der Waals surface area (Å²) >= 11 is 0. The summed E-state index contributed by atoms with van der Waals surface area (Å²) in [7, 11) is 0. The van der Waals surface area contributed by atoms with Gasteiger partial charge in [0.25, 0.3) is 0 Å². The number of hydrogen-bond acceptors (Lipinski definition) is 3. The number of carbonyl (C=O) groups is 1. The lowest BCUT2D eigenvalue weighted by atomic mass is 10.1. The number of carboxylic acid groups (broad SMARTS) is 1. The standard InChI is InChI=1S/C14H28O2.C3H6N2/c1-2-3-4-5-6-7-8-9-10-11-12-13-14(15)16;1-2-5-3-4-1/h2-13H2,1H3,(H,15,16);3H,1-2H2,(H,4,5). The van der Waals surface area contributed by atoms with E-state index < -0.39 is 5.97 Å². The average molecular weight is 298 g/mol. The van der Waals surface area contributed by atoms with Crippen molar-refractivity contribution < 1.29 is 9.90 Å². The van der Waals surface area contributed by atoms with Crippen LogP contribution in [-0.2, 0) is 4.79 Å². The highest BCUT2D eigenvalue weighted by Gasteiger charge is 1.96. The molecule has 0 aliphatic carbocycles. The van der Waals surface area contributed by atoms with Crippen LogP contribution < -0.4 is 5.32 Å². The fraction of sp³-hybridized carbons (Fsp3) is 0.882. The Morgan fingerprint density at radius 3 is 1.86 bits per heavy atom. The topological polar surface area (TPSA) is 61.7 Å². The first-order chi connectivity index (χ1) is 10.3. The van der Waals surface area contributed by atoms with E-state index >= 15 is 0 Å². The molecule has 0 aromatic heterocycles. The van der Waals surface area contributed by atoms with Crippen LogP contribution >= 0.6 is 0 Å². The van der Waals surface area contributed by atoms with Gasteiger partial charge in [0, 0.05) is 13.0 Å². The molecular formula is C17H34N2O2. The Labute approximate surface area is 130 Å². The second-order valence-electron chi connectivity index (χ2n) is 5.67. The van der Waals surface area contributed by atoms with Crippen LogP contribution in [0.5, 0.6) is 0 Å². The molecule has 1 aliphatic rings. The second-order valence-corrected chi connectivity index (χ2v) is 5.67. The molecule has 0 saturated carbocycles. The van der Waals surface area contributed by atoms with E-state index in [1.165, 1.54) is 57.8 Å². The average Bonchev–Trinajstić information content (AvgIpc) is 3.04. The zero-order chi connectivity index (χ0) is 15.6. The van der Waals surface area contributed by atoms with Crippen LogP contribution in [-0.4, -0.2) is 30.5 Å². The molecule has 0 fully saturated rings. The Morgan fingerprint density at radius 1 is 1.00 bits per heavy atom. The Hall–Kier alpha value is -1.06. The summed E-state index contributed by atoms with van der Waals surface area (Å²) in [5.41, 5.74) is 0. The molecule has 0 spiro atoms. The molecule has 0 saturated heterocycles. The van der Waals surface area contributed by atoms with E-state index in [4.69, 9.17) is 5.11 Å². The molecule has 0 bridgehead atoms. The van der Waals surface area contributed by atoms with Crippen molar-refractivity contribution in [1.82, 2.24) is 5.32 Å². The van der Waals surface area contributed by atoms with Gasteiger partial charge in [0.05, 0.1) is 12.9 Å². The van der Waals surface area contributed by atoms with Crippen molar-refractivity contribution in [2.24, 2.45) is 4.99 Å². The van der Waals surface area contributed by atoms with Crippen molar-refractivity contribution >= 4 is 12.3 Å². The zero-order valence-electron chi connectivity index (χ0n) is 13.8. The summed E-state index contributed by atoms with van der Waals surface area (Å²) in [5, 5.41) is 11.4. The van der Waals surface area contributed by atoms with Gasteiger partial charge in [-0.2, -0.15) is 0 Å². The Morgan fingerprint density at radius 2 is 1.52 bits per heavy atom. The first kappa shape index (κ1) is 19.9. The Kier molecular flexibility index (Phi) is 16.1. The molecule has 0 radical (unpaired) electrons. The SMILES string of the molecule is C1=NCCN1.CCCCCCCCCCCCCC(=O)O. The van der Waals surface area contributed by atoms with Crippen molar-refractivity contribution in [2.75, 3.05) is 13.1 Å². The molecule has 1 heterocycles. The predicted molar refractivity (Wildman–Crippen MR) is 90.1 cm³/mol. The van der Waals surface area contributed by atoms with Gasteiger partial charge in [0.2, 0.25) is 0 Å². The number of nitrogens with one attached hydrogen (secondary N) is 1. The fourth-order valence-corrected chi connectivity index (χ4v) is 2.26. The van der Waals surface area contributed by atoms with Crippen molar-refractivity contribution in [3.8, 4) is 0 Å². The first-order valence-corrected chi connectivity index (χ1v) is 8.71. The van der Waals surface area contributed by atoms with E-state index in [1.807, 2.05) is 0 Å². The molecule has 4 nitrogen and oxygen atoms in total. The van der Waals surface area contributed by atoms with Crippen LogP contribution in [0.4, 0.5) is 0 Å². The van der Waals surface area contributed by atoms with Crippen LogP contribution in [0.1, 0.15) is 84.0 Å². The molecular weight excluding hydrogens is 264 g/mol. The van der Waals surface area contributed by atoms with Gasteiger partial charge >= 0.3 is 5.97 Å². The van der Waals surface area contributed by atoms with Gasteiger partial charge in [0.1, 0.15) is 0 Å². The van der Waals surface area contributed by atoms with E-state index in [0.29, 0.717) is 6.42 Å². The van der Waals surface area contributed by atoms with E-state index in [1.54, 1.807) is 6.34 Å². The maximum absolute atomic E-state index is 10.3. The maximum Gasteiger partial charge on any atom is 0.303 e. The third kappa shape index (κ3) is 18.9. The Bertz CT molecular complexity index is 249. The number of rotatable bonds is 12. The maximum atomic E-state index is 10.3. The highest BCUT2D eigenvalue weighted by molar-refractivity contribution is 5.66. The van der Waals surface area contributed by atoms with Crippen molar-refractivity contribution in [3.63, 3.8) is 0 Å². The summed E-state index contributed by atoms with van der Waals surface area (Å²) in [6, 6.07) is 0. The minimum Gasteiger partial charge on any atom is -0.481 e. The molecule has 0 aromatic carbocycles. The highest BCUT2D eigenvalue weighted by atomic mass is 16.4. The third-order valence-corrected chi connectivity index (χ3v) is 3.56. The van der Waals surface area contributed by atoms with E-state index in [2.05, 4.69) is 17.2 Å². The summed E-state index contributed by atoms with van der Waals surface area (Å²) in [5.74, 6) is -0.657. The molecule has 4 heteroatoms. The number of carboxylic acids is 1. The third-order valence-electron chi connectivity index (χ3n) is 3.56. The monoisotopic (exact) mass is 298 g/mol. The lowest BCUT2D eigenvalue weighted by Gasteiger charge is -2.01. The fourth-order valence-electron chi connectivity index (χ4n) is 2.26. The van der Waals surface area contributed by atoms with Crippen LogP contribution in [0, 0.1) is 0 Å². The van der Waals surface area contributed by atoms with Gasteiger partial charge in [-0.15, -0.1) is 0 Å². The van der Waals surface area contributed by atoms with Gasteiger partial charge < -0.3 is 10.4 Å². The molecule has 0 aromatic rings. The van der Waals surface area contributed by atoms with Crippen LogP contribution in [0.15, 0.2) is 4.99 Å². The zero-order valence-corrected chi connectivity index (χ0v) is 13.8. The number of unbranched alkanes of at least 4 members (excludes halogenated alkanes) is 10. The molecule has 1 aliphatic heterocycles. The molecule has 0 amide bonds. The quantitative estimate of drug-likeness (QED) is 0.525. The normalized spacial score (nSPS) is 12.6. The number of hydrogen-bond donors (Lipinski definition) is 2. The second kappa shape index (κ2) is 17.0. The lowest BCUT2D eigenvalue weighted by Crippen LogP contribution is -2.04. The molecule has 124 valence electrons. The Balaban J connectivity index is 0.000000662. The minimum absolute atomic E-state index is 0.344. The van der Waals surface area contributed by atoms with Crippen molar-refractivity contribution in [1.29, 1.82) is 0 Å². The summed E-state index contributed by atoms with van der Waals surface area (Å²) in [4.78, 5) is 14.1. The predicted octanol–water partition coefficient (Wildman–Crippen LogP) is 4.39. The molecule has 0 atom stereocenters. The minimum atomic E-state index is -0.657. The van der Waals surface area contributed by atoms with Crippen molar-refractivity contribution in [2.45, 2.75) is 84.0 Å². The number of aliphatic carboxylic acids is 1. The number of aliphatic imine (C=N–C) groups is 1. The summed E-state index contributed by atoms with van der Waals surface area (Å²) in [6.07, 6.45) is 16.1. The van der Waals surface area contributed by atoms with Gasteiger partial charge in [-0.1, -0.05) is 71.1 Å². The largest absolute Gasteiger partial charge is 0.481 e. The lowest BCUT2D eigenvalue weighted by molar-refractivity contribution is -0.137. The smallest absolute Gasteiger partial charge is 0.303 e. The van der Waals surface area contributed by atoms with E-state index in [9.17, 15) is 4.79 Å². The first-order valence-electron chi connectivity index (χ1n) is 8.71. The molecule has 1 rings (SSSR count). The molecule has 2 N–H and O–H groups in total. The summed E-state index contributed by atoms with van der Waals surface area (Å²) < 4.78 is 0. The van der Waals surface area contributed by atoms with E-state index in [-0.39, 0.29) is 0 Å². The van der Waals surface area contributed by atoms with Crippen LogP contribution in [0.3, 0.4) is 0 Å². The van der Waals surface area contributed by atoms with Gasteiger partial charge in [0.15, 0.2) is 0 Å². The number of nitrogens with zero attached hydrogens (tertiary/aromatic N) is 1. The van der Waals surface area contributed by atoms with Crippen LogP contribution in [0.25, 0.3) is 0 Å². The van der Waals surface area contributed by atoms with Gasteiger partial charge in [-0.3, -0.25) is 9.79 Å². The molecule has 0 unspecified atom stereocenters. The summed E-state index contributed by atoms with van der Waals surface area (Å²) in [6.45, 7) is 4.23.